The summed E-state index contributed by atoms with van der Waals surface area (Å²) < 4.78 is 19.2. The van der Waals surface area contributed by atoms with Crippen molar-refractivity contribution in [2.24, 2.45) is 0 Å². The van der Waals surface area contributed by atoms with E-state index >= 15 is 0 Å². The highest BCUT2D eigenvalue weighted by molar-refractivity contribution is 5.30. The molecule has 0 aliphatic heterocycles. The lowest BCUT2D eigenvalue weighted by Crippen LogP contribution is -2.19. The predicted molar refractivity (Wildman–Crippen MR) is 83.9 cm³/mol. The van der Waals surface area contributed by atoms with E-state index in [0.29, 0.717) is 5.56 Å². The predicted octanol–water partition coefficient (Wildman–Crippen LogP) is 4.47. The summed E-state index contributed by atoms with van der Waals surface area (Å²) in [6, 6.07) is 14.9. The Morgan fingerprint density at radius 1 is 1.14 bits per heavy atom. The molecule has 2 aromatic carbocycles. The molecule has 2 rings (SSSR count). The maximum absolute atomic E-state index is 13.5. The van der Waals surface area contributed by atoms with Gasteiger partial charge in [0.05, 0.1) is 0 Å². The third-order valence-electron chi connectivity index (χ3n) is 3.41. The summed E-state index contributed by atoms with van der Waals surface area (Å²) in [4.78, 5) is 0. The van der Waals surface area contributed by atoms with E-state index in [1.165, 1.54) is 11.6 Å². The van der Waals surface area contributed by atoms with Crippen LogP contribution in [0.5, 0.6) is 5.75 Å². The Hall–Kier alpha value is -1.87. The van der Waals surface area contributed by atoms with Crippen molar-refractivity contribution in [2.45, 2.75) is 32.9 Å². The summed E-state index contributed by atoms with van der Waals surface area (Å²) >= 11 is 0. The Morgan fingerprint density at radius 3 is 2.71 bits per heavy atom. The topological polar surface area (TPSA) is 21.3 Å². The number of benzene rings is 2. The van der Waals surface area contributed by atoms with Gasteiger partial charge in [-0.25, -0.2) is 4.39 Å². The third-order valence-corrected chi connectivity index (χ3v) is 3.41. The van der Waals surface area contributed by atoms with Crippen LogP contribution in [0.4, 0.5) is 4.39 Å². The van der Waals surface area contributed by atoms with Gasteiger partial charge >= 0.3 is 0 Å². The molecule has 1 unspecified atom stereocenters. The quantitative estimate of drug-likeness (QED) is 0.811. The molecule has 0 saturated carbocycles. The lowest BCUT2D eigenvalue weighted by molar-refractivity contribution is 0.299. The average molecular weight is 287 g/mol. The molecule has 0 aromatic heterocycles. The van der Waals surface area contributed by atoms with Crippen molar-refractivity contribution in [1.29, 1.82) is 0 Å². The van der Waals surface area contributed by atoms with Crippen LogP contribution in [0.1, 0.15) is 37.4 Å². The molecular weight excluding hydrogens is 265 g/mol. The van der Waals surface area contributed by atoms with Crippen molar-refractivity contribution >= 4 is 0 Å². The first kappa shape index (κ1) is 15.5. The molecule has 0 aliphatic carbocycles. The van der Waals surface area contributed by atoms with Gasteiger partial charge in [0.2, 0.25) is 0 Å². The smallest absolute Gasteiger partial charge is 0.129 e. The molecule has 1 atom stereocenters. The molecule has 112 valence electrons. The van der Waals surface area contributed by atoms with Gasteiger partial charge in [0.15, 0.2) is 0 Å². The van der Waals surface area contributed by atoms with Crippen molar-refractivity contribution in [3.8, 4) is 5.75 Å². The first-order valence-electron chi connectivity index (χ1n) is 7.40. The van der Waals surface area contributed by atoms with Crippen LogP contribution in [0.25, 0.3) is 0 Å². The zero-order chi connectivity index (χ0) is 15.1. The molecule has 0 heterocycles. The van der Waals surface area contributed by atoms with Crippen LogP contribution in [0.2, 0.25) is 0 Å². The van der Waals surface area contributed by atoms with Crippen molar-refractivity contribution in [2.75, 3.05) is 6.54 Å². The van der Waals surface area contributed by atoms with Crippen LogP contribution in [-0.2, 0) is 6.61 Å². The average Bonchev–Trinajstić information content (AvgIpc) is 2.52. The standard InChI is InChI=1S/C18H22FNO/c1-3-11-20-14(2)15-8-6-9-17(12-15)21-13-16-7-4-5-10-18(16)19/h4-10,12,14,20H,3,11,13H2,1-2H3. The lowest BCUT2D eigenvalue weighted by Gasteiger charge is -2.15. The Morgan fingerprint density at radius 2 is 1.95 bits per heavy atom. The number of rotatable bonds is 7. The monoisotopic (exact) mass is 287 g/mol. The molecular formula is C18H22FNO. The molecule has 0 fully saturated rings. The molecule has 0 bridgehead atoms. The van der Waals surface area contributed by atoms with Crippen molar-refractivity contribution in [3.05, 3.63) is 65.5 Å². The van der Waals surface area contributed by atoms with E-state index in [1.807, 2.05) is 24.3 Å². The van der Waals surface area contributed by atoms with Crippen molar-refractivity contribution in [3.63, 3.8) is 0 Å². The molecule has 0 radical (unpaired) electrons. The van der Waals surface area contributed by atoms with E-state index < -0.39 is 0 Å². The van der Waals surface area contributed by atoms with Gasteiger partial charge in [-0.3, -0.25) is 0 Å². The van der Waals surface area contributed by atoms with E-state index in [4.69, 9.17) is 4.74 Å². The van der Waals surface area contributed by atoms with Crippen LogP contribution >= 0.6 is 0 Å². The highest BCUT2D eigenvalue weighted by atomic mass is 19.1. The molecule has 2 aromatic rings. The van der Waals surface area contributed by atoms with Gasteiger partial charge in [-0.2, -0.15) is 0 Å². The van der Waals surface area contributed by atoms with Crippen molar-refractivity contribution in [1.82, 2.24) is 5.32 Å². The molecule has 0 aliphatic rings. The minimum atomic E-state index is -0.230. The fourth-order valence-corrected chi connectivity index (χ4v) is 2.13. The van der Waals surface area contributed by atoms with Crippen LogP contribution in [0.15, 0.2) is 48.5 Å². The Kier molecular flexibility index (Phi) is 5.76. The maximum atomic E-state index is 13.5. The van der Waals surface area contributed by atoms with Gasteiger partial charge in [0.25, 0.3) is 0 Å². The summed E-state index contributed by atoms with van der Waals surface area (Å²) in [5.74, 6) is 0.535. The molecule has 0 saturated heterocycles. The largest absolute Gasteiger partial charge is 0.489 e. The Balaban J connectivity index is 1.99. The van der Waals surface area contributed by atoms with Gasteiger partial charge in [-0.15, -0.1) is 0 Å². The zero-order valence-electron chi connectivity index (χ0n) is 12.6. The summed E-state index contributed by atoms with van der Waals surface area (Å²) in [5.41, 5.74) is 1.74. The fraction of sp³-hybridized carbons (Fsp3) is 0.333. The van der Waals surface area contributed by atoms with Gasteiger partial charge in [0.1, 0.15) is 18.2 Å². The van der Waals surface area contributed by atoms with E-state index in [2.05, 4.69) is 25.2 Å². The number of nitrogens with one attached hydrogen (secondary N) is 1. The van der Waals surface area contributed by atoms with Crippen LogP contribution < -0.4 is 10.1 Å². The van der Waals surface area contributed by atoms with Gasteiger partial charge in [-0.1, -0.05) is 37.3 Å². The third kappa shape index (κ3) is 4.57. The minimum Gasteiger partial charge on any atom is -0.489 e. The molecule has 1 N–H and O–H groups in total. The highest BCUT2D eigenvalue weighted by Gasteiger charge is 2.06. The second-order valence-corrected chi connectivity index (χ2v) is 5.13. The zero-order valence-corrected chi connectivity index (χ0v) is 12.6. The Labute approximate surface area is 126 Å². The Bertz CT molecular complexity index is 571. The second-order valence-electron chi connectivity index (χ2n) is 5.13. The SMILES string of the molecule is CCCNC(C)c1cccc(OCc2ccccc2F)c1. The number of hydrogen-bond acceptors (Lipinski definition) is 2. The number of halogens is 1. The highest BCUT2D eigenvalue weighted by Crippen LogP contribution is 2.20. The second kappa shape index (κ2) is 7.79. The molecule has 21 heavy (non-hydrogen) atoms. The van der Waals surface area contributed by atoms with Gasteiger partial charge in [0, 0.05) is 11.6 Å². The van der Waals surface area contributed by atoms with Crippen LogP contribution in [0, 0.1) is 5.82 Å². The normalized spacial score (nSPS) is 12.1. The van der Waals surface area contributed by atoms with Gasteiger partial charge in [-0.05, 0) is 43.7 Å². The molecule has 3 heteroatoms. The molecule has 0 amide bonds. The minimum absolute atomic E-state index is 0.230. The van der Waals surface area contributed by atoms with E-state index in [-0.39, 0.29) is 18.5 Å². The molecule has 2 nitrogen and oxygen atoms in total. The first-order chi connectivity index (χ1) is 10.2. The maximum Gasteiger partial charge on any atom is 0.129 e. The number of hydrogen-bond donors (Lipinski definition) is 1. The van der Waals surface area contributed by atoms with Crippen molar-refractivity contribution < 1.29 is 9.13 Å². The molecule has 0 spiro atoms. The van der Waals surface area contributed by atoms with E-state index in [9.17, 15) is 4.39 Å². The summed E-state index contributed by atoms with van der Waals surface area (Å²) in [7, 11) is 0. The van der Waals surface area contributed by atoms with E-state index in [0.717, 1.165) is 18.7 Å². The summed E-state index contributed by atoms with van der Waals surface area (Å²) in [5, 5.41) is 3.44. The number of ether oxygens (including phenoxy) is 1. The van der Waals surface area contributed by atoms with Crippen LogP contribution in [0.3, 0.4) is 0 Å². The van der Waals surface area contributed by atoms with Gasteiger partial charge < -0.3 is 10.1 Å². The first-order valence-corrected chi connectivity index (χ1v) is 7.40. The summed E-state index contributed by atoms with van der Waals surface area (Å²) in [6.07, 6.45) is 1.10. The summed E-state index contributed by atoms with van der Waals surface area (Å²) in [6.45, 7) is 5.51. The lowest BCUT2D eigenvalue weighted by atomic mass is 10.1. The fourth-order valence-electron chi connectivity index (χ4n) is 2.13. The van der Waals surface area contributed by atoms with E-state index in [1.54, 1.807) is 12.1 Å². The van der Waals surface area contributed by atoms with Crippen LogP contribution in [-0.4, -0.2) is 6.54 Å².